The van der Waals surface area contributed by atoms with Crippen molar-refractivity contribution in [1.29, 1.82) is 0 Å². The standard InChI is InChI=1S/C19H16BrN3O4S/c1-23(9-13-4-2-3-5-14(13)20)17(24)10-28-19-22-21-18(27-19)12-6-7-15-16(8-12)26-11-25-15/h2-8H,9-11H2,1H3. The Morgan fingerprint density at radius 1 is 1.18 bits per heavy atom. The Kier molecular flexibility index (Phi) is 5.54. The first-order chi connectivity index (χ1) is 13.6. The average molecular weight is 462 g/mol. The van der Waals surface area contributed by atoms with Gasteiger partial charge in [-0.1, -0.05) is 45.9 Å². The molecule has 1 aliphatic heterocycles. The van der Waals surface area contributed by atoms with Gasteiger partial charge in [-0.25, -0.2) is 0 Å². The van der Waals surface area contributed by atoms with Gasteiger partial charge >= 0.3 is 0 Å². The summed E-state index contributed by atoms with van der Waals surface area (Å²) in [6.45, 7) is 0.728. The summed E-state index contributed by atoms with van der Waals surface area (Å²) in [5.41, 5.74) is 1.78. The predicted octanol–water partition coefficient (Wildman–Crippen LogP) is 3.98. The molecule has 1 amide bonds. The van der Waals surface area contributed by atoms with Crippen molar-refractivity contribution in [3.05, 3.63) is 52.5 Å². The maximum absolute atomic E-state index is 12.4. The maximum atomic E-state index is 12.4. The molecule has 2 heterocycles. The van der Waals surface area contributed by atoms with Gasteiger partial charge in [0, 0.05) is 23.6 Å². The molecule has 0 bridgehead atoms. The van der Waals surface area contributed by atoms with Crippen molar-refractivity contribution in [3.63, 3.8) is 0 Å². The molecule has 9 heteroatoms. The Morgan fingerprint density at radius 2 is 2.00 bits per heavy atom. The number of hydrogen-bond donors (Lipinski definition) is 0. The molecule has 3 aromatic rings. The van der Waals surface area contributed by atoms with Crippen molar-refractivity contribution >= 4 is 33.6 Å². The first-order valence-corrected chi connectivity index (χ1v) is 10.2. The van der Waals surface area contributed by atoms with Crippen molar-refractivity contribution in [2.24, 2.45) is 0 Å². The van der Waals surface area contributed by atoms with E-state index in [1.807, 2.05) is 30.3 Å². The molecule has 0 atom stereocenters. The van der Waals surface area contributed by atoms with Crippen LogP contribution in [0.2, 0.25) is 0 Å². The Labute approximate surface area is 174 Å². The fraction of sp³-hybridized carbons (Fsp3) is 0.211. The third-order valence-electron chi connectivity index (χ3n) is 4.14. The van der Waals surface area contributed by atoms with Crippen LogP contribution >= 0.6 is 27.7 Å². The summed E-state index contributed by atoms with van der Waals surface area (Å²) >= 11 is 4.71. The molecule has 4 rings (SSSR count). The molecule has 0 unspecified atom stereocenters. The molecule has 0 N–H and O–H groups in total. The number of nitrogens with zero attached hydrogens (tertiary/aromatic N) is 3. The minimum Gasteiger partial charge on any atom is -0.454 e. The van der Waals surface area contributed by atoms with E-state index in [1.54, 1.807) is 24.1 Å². The third-order valence-corrected chi connectivity index (χ3v) is 5.71. The van der Waals surface area contributed by atoms with E-state index in [0.717, 1.165) is 15.6 Å². The summed E-state index contributed by atoms with van der Waals surface area (Å²) in [4.78, 5) is 14.1. The number of carbonyl (C=O) groups excluding carboxylic acids is 1. The minimum absolute atomic E-state index is 0.0245. The summed E-state index contributed by atoms with van der Waals surface area (Å²) in [5.74, 6) is 1.90. The molecule has 144 valence electrons. The number of benzene rings is 2. The lowest BCUT2D eigenvalue weighted by Crippen LogP contribution is -2.27. The molecule has 0 saturated heterocycles. The number of rotatable bonds is 6. The summed E-state index contributed by atoms with van der Waals surface area (Å²) < 4.78 is 17.3. The number of halogens is 1. The monoisotopic (exact) mass is 461 g/mol. The average Bonchev–Trinajstić information content (AvgIpc) is 3.36. The molecule has 28 heavy (non-hydrogen) atoms. The molecule has 0 saturated carbocycles. The van der Waals surface area contributed by atoms with Gasteiger partial charge in [-0.2, -0.15) is 0 Å². The zero-order valence-corrected chi connectivity index (χ0v) is 17.3. The topological polar surface area (TPSA) is 77.7 Å². The number of amides is 1. The second-order valence-corrected chi connectivity index (χ2v) is 7.85. The lowest BCUT2D eigenvalue weighted by atomic mass is 10.2. The van der Waals surface area contributed by atoms with Gasteiger partial charge in [0.05, 0.1) is 5.75 Å². The van der Waals surface area contributed by atoms with Gasteiger partial charge in [-0.15, -0.1) is 10.2 Å². The molecule has 1 aliphatic rings. The largest absolute Gasteiger partial charge is 0.454 e. The van der Waals surface area contributed by atoms with Crippen LogP contribution in [0.15, 0.2) is 56.6 Å². The van der Waals surface area contributed by atoms with Crippen molar-refractivity contribution in [2.45, 2.75) is 11.8 Å². The second kappa shape index (κ2) is 8.24. The highest BCUT2D eigenvalue weighted by Crippen LogP contribution is 2.36. The van der Waals surface area contributed by atoms with E-state index >= 15 is 0 Å². The van der Waals surface area contributed by atoms with Crippen LogP contribution in [-0.2, 0) is 11.3 Å². The van der Waals surface area contributed by atoms with E-state index in [0.29, 0.717) is 29.2 Å². The van der Waals surface area contributed by atoms with Gasteiger partial charge in [-0.3, -0.25) is 4.79 Å². The Hall–Kier alpha value is -2.52. The summed E-state index contributed by atoms with van der Waals surface area (Å²) in [6, 6.07) is 13.2. The normalized spacial score (nSPS) is 12.2. The number of hydrogen-bond acceptors (Lipinski definition) is 7. The highest BCUT2D eigenvalue weighted by Gasteiger charge is 2.18. The molecule has 2 aromatic carbocycles. The molecular formula is C19H16BrN3O4S. The van der Waals surface area contributed by atoms with Crippen LogP contribution in [0.3, 0.4) is 0 Å². The van der Waals surface area contributed by atoms with Gasteiger partial charge in [-0.05, 0) is 29.8 Å². The lowest BCUT2D eigenvalue weighted by Gasteiger charge is -2.17. The summed E-state index contributed by atoms with van der Waals surface area (Å²) in [6.07, 6.45) is 0. The van der Waals surface area contributed by atoms with Crippen LogP contribution in [-0.4, -0.2) is 40.6 Å². The second-order valence-electron chi connectivity index (χ2n) is 6.07. The number of thioether (sulfide) groups is 1. The zero-order chi connectivity index (χ0) is 19.5. The predicted molar refractivity (Wildman–Crippen MR) is 107 cm³/mol. The number of aromatic nitrogens is 2. The van der Waals surface area contributed by atoms with Gasteiger partial charge < -0.3 is 18.8 Å². The van der Waals surface area contributed by atoms with Crippen LogP contribution < -0.4 is 9.47 Å². The van der Waals surface area contributed by atoms with Crippen molar-refractivity contribution in [3.8, 4) is 23.0 Å². The molecule has 0 spiro atoms. The van der Waals surface area contributed by atoms with E-state index in [4.69, 9.17) is 13.9 Å². The van der Waals surface area contributed by atoms with Crippen LogP contribution in [0.25, 0.3) is 11.5 Å². The highest BCUT2D eigenvalue weighted by atomic mass is 79.9. The SMILES string of the molecule is CN(Cc1ccccc1Br)C(=O)CSc1nnc(-c2ccc3c(c2)OCO3)o1. The van der Waals surface area contributed by atoms with E-state index in [2.05, 4.69) is 26.1 Å². The third kappa shape index (κ3) is 4.15. The fourth-order valence-electron chi connectivity index (χ4n) is 2.62. The van der Waals surface area contributed by atoms with Crippen LogP contribution in [0.5, 0.6) is 11.5 Å². The summed E-state index contributed by atoms with van der Waals surface area (Å²) in [5, 5.41) is 8.40. The van der Waals surface area contributed by atoms with Crippen LogP contribution in [0.1, 0.15) is 5.56 Å². The Bertz CT molecular complexity index is 1010. The van der Waals surface area contributed by atoms with Gasteiger partial charge in [0.1, 0.15) is 0 Å². The number of carbonyl (C=O) groups is 1. The zero-order valence-electron chi connectivity index (χ0n) is 14.9. The number of fused-ring (bicyclic) bond motifs is 1. The van der Waals surface area contributed by atoms with E-state index < -0.39 is 0 Å². The van der Waals surface area contributed by atoms with Crippen molar-refractivity contribution in [2.75, 3.05) is 19.6 Å². The van der Waals surface area contributed by atoms with Crippen molar-refractivity contribution < 1.29 is 18.7 Å². The van der Waals surface area contributed by atoms with Gasteiger partial charge in [0.25, 0.3) is 5.22 Å². The Morgan fingerprint density at radius 3 is 2.86 bits per heavy atom. The number of ether oxygens (including phenoxy) is 2. The molecule has 0 fully saturated rings. The van der Waals surface area contributed by atoms with Crippen molar-refractivity contribution in [1.82, 2.24) is 15.1 Å². The minimum atomic E-state index is -0.0245. The smallest absolute Gasteiger partial charge is 0.277 e. The van der Waals surface area contributed by atoms with E-state index in [1.165, 1.54) is 11.8 Å². The molecule has 0 aliphatic carbocycles. The quantitative estimate of drug-likeness (QED) is 0.513. The molecular weight excluding hydrogens is 446 g/mol. The lowest BCUT2D eigenvalue weighted by molar-refractivity contribution is -0.127. The fourth-order valence-corrected chi connectivity index (χ4v) is 3.73. The van der Waals surface area contributed by atoms with Crippen LogP contribution in [0, 0.1) is 0 Å². The first-order valence-electron chi connectivity index (χ1n) is 8.44. The summed E-state index contributed by atoms with van der Waals surface area (Å²) in [7, 11) is 1.77. The Balaban J connectivity index is 1.35. The van der Waals surface area contributed by atoms with E-state index in [-0.39, 0.29) is 18.5 Å². The van der Waals surface area contributed by atoms with E-state index in [9.17, 15) is 4.79 Å². The molecule has 7 nitrogen and oxygen atoms in total. The molecule has 0 radical (unpaired) electrons. The maximum Gasteiger partial charge on any atom is 0.277 e. The highest BCUT2D eigenvalue weighted by molar-refractivity contribution is 9.10. The van der Waals surface area contributed by atoms with Crippen LogP contribution in [0.4, 0.5) is 0 Å². The first kappa shape index (κ1) is 18.8. The van der Waals surface area contributed by atoms with Gasteiger partial charge in [0.15, 0.2) is 11.5 Å². The van der Waals surface area contributed by atoms with Gasteiger partial charge in [0.2, 0.25) is 18.6 Å². The molecule has 1 aromatic heterocycles.